The SMILES string of the molecule is C[C@H](O)[C@H](NC(=O)C(Cl)(Cl)Cl)C(=O)OC(C)(C)C. The molecule has 0 radical (unpaired) electrons. The van der Waals surface area contributed by atoms with Gasteiger partial charge in [0.05, 0.1) is 6.10 Å². The second-order valence-corrected chi connectivity index (χ2v) is 7.00. The topological polar surface area (TPSA) is 75.6 Å². The second kappa shape index (κ2) is 6.28. The molecule has 0 aromatic carbocycles. The Bertz CT molecular complexity index is 320. The molecule has 0 aliphatic heterocycles. The van der Waals surface area contributed by atoms with Gasteiger partial charge in [-0.3, -0.25) is 4.79 Å². The maximum Gasteiger partial charge on any atom is 0.331 e. The van der Waals surface area contributed by atoms with E-state index in [-0.39, 0.29) is 0 Å². The van der Waals surface area contributed by atoms with Crippen molar-refractivity contribution in [3.63, 3.8) is 0 Å². The first-order chi connectivity index (χ1) is 7.84. The van der Waals surface area contributed by atoms with Crippen LogP contribution in [0.2, 0.25) is 0 Å². The van der Waals surface area contributed by atoms with E-state index in [4.69, 9.17) is 39.5 Å². The zero-order valence-corrected chi connectivity index (χ0v) is 12.7. The molecule has 0 aromatic rings. The van der Waals surface area contributed by atoms with Crippen LogP contribution in [0.1, 0.15) is 27.7 Å². The van der Waals surface area contributed by atoms with E-state index in [0.717, 1.165) is 0 Å². The Hall–Kier alpha value is -0.230. The summed E-state index contributed by atoms with van der Waals surface area (Å²) in [6.45, 7) is 6.27. The average Bonchev–Trinajstić information content (AvgIpc) is 2.07. The number of ether oxygens (including phenoxy) is 1. The number of aliphatic hydroxyl groups is 1. The summed E-state index contributed by atoms with van der Waals surface area (Å²) >= 11 is 16.1. The fourth-order valence-electron chi connectivity index (χ4n) is 0.965. The van der Waals surface area contributed by atoms with E-state index in [1.165, 1.54) is 6.92 Å². The standard InChI is InChI=1S/C10H16Cl3NO4/c1-5(15)6(7(16)18-9(2,3)4)14-8(17)10(11,12)13/h5-6,15H,1-4H3,(H,14,17)/t5-,6-/m0/s1. The average molecular weight is 321 g/mol. The van der Waals surface area contributed by atoms with Crippen molar-refractivity contribution < 1.29 is 19.4 Å². The van der Waals surface area contributed by atoms with Gasteiger partial charge in [0.2, 0.25) is 0 Å². The maximum atomic E-state index is 11.7. The highest BCUT2D eigenvalue weighted by Gasteiger charge is 2.37. The van der Waals surface area contributed by atoms with Gasteiger partial charge in [0.15, 0.2) is 6.04 Å². The molecular weight excluding hydrogens is 304 g/mol. The van der Waals surface area contributed by atoms with Gasteiger partial charge in [-0.1, -0.05) is 34.8 Å². The van der Waals surface area contributed by atoms with E-state index in [1.807, 2.05) is 0 Å². The van der Waals surface area contributed by atoms with E-state index in [2.05, 4.69) is 5.32 Å². The van der Waals surface area contributed by atoms with Crippen LogP contribution in [0.3, 0.4) is 0 Å². The summed E-state index contributed by atoms with van der Waals surface area (Å²) in [7, 11) is 0. The number of nitrogens with one attached hydrogen (secondary N) is 1. The van der Waals surface area contributed by atoms with Crippen molar-refractivity contribution in [2.45, 2.75) is 49.2 Å². The molecular formula is C10H16Cl3NO4. The van der Waals surface area contributed by atoms with Crippen LogP contribution < -0.4 is 5.32 Å². The molecule has 0 fully saturated rings. The monoisotopic (exact) mass is 319 g/mol. The van der Waals surface area contributed by atoms with Crippen molar-refractivity contribution in [1.29, 1.82) is 0 Å². The number of amides is 1. The van der Waals surface area contributed by atoms with E-state index in [9.17, 15) is 14.7 Å². The highest BCUT2D eigenvalue weighted by Crippen LogP contribution is 2.26. The molecule has 106 valence electrons. The third-order valence-corrected chi connectivity index (χ3v) is 2.20. The number of carbonyl (C=O) groups is 2. The lowest BCUT2D eigenvalue weighted by Gasteiger charge is -2.26. The molecule has 18 heavy (non-hydrogen) atoms. The molecule has 0 unspecified atom stereocenters. The van der Waals surface area contributed by atoms with Crippen molar-refractivity contribution in [3.05, 3.63) is 0 Å². The van der Waals surface area contributed by atoms with Crippen LogP contribution in [-0.4, -0.2) is 38.5 Å². The molecule has 0 saturated carbocycles. The molecule has 0 heterocycles. The Morgan fingerprint density at radius 2 is 1.67 bits per heavy atom. The number of halogens is 3. The number of hydrogen-bond acceptors (Lipinski definition) is 4. The van der Waals surface area contributed by atoms with Crippen molar-refractivity contribution >= 4 is 46.7 Å². The molecule has 1 amide bonds. The Morgan fingerprint density at radius 1 is 1.22 bits per heavy atom. The first-order valence-electron chi connectivity index (χ1n) is 5.13. The molecule has 5 nitrogen and oxygen atoms in total. The van der Waals surface area contributed by atoms with Crippen molar-refractivity contribution in [3.8, 4) is 0 Å². The van der Waals surface area contributed by atoms with Gasteiger partial charge in [0, 0.05) is 0 Å². The van der Waals surface area contributed by atoms with Gasteiger partial charge in [0.25, 0.3) is 9.70 Å². The number of alkyl halides is 3. The van der Waals surface area contributed by atoms with Crippen LogP contribution in [0.15, 0.2) is 0 Å². The molecule has 0 aliphatic carbocycles. The first-order valence-corrected chi connectivity index (χ1v) is 6.26. The summed E-state index contributed by atoms with van der Waals surface area (Å²) in [6, 6.07) is -1.30. The van der Waals surface area contributed by atoms with Gasteiger partial charge in [-0.2, -0.15) is 0 Å². The molecule has 8 heteroatoms. The van der Waals surface area contributed by atoms with Gasteiger partial charge in [0.1, 0.15) is 5.60 Å². The van der Waals surface area contributed by atoms with Gasteiger partial charge < -0.3 is 15.2 Å². The van der Waals surface area contributed by atoms with Crippen LogP contribution in [0, 0.1) is 0 Å². The van der Waals surface area contributed by atoms with Crippen molar-refractivity contribution in [2.75, 3.05) is 0 Å². The smallest absolute Gasteiger partial charge is 0.331 e. The number of hydrogen-bond donors (Lipinski definition) is 2. The first kappa shape index (κ1) is 17.8. The van der Waals surface area contributed by atoms with E-state index in [0.29, 0.717) is 0 Å². The predicted molar refractivity (Wildman–Crippen MR) is 69.7 cm³/mol. The van der Waals surface area contributed by atoms with Crippen molar-refractivity contribution in [2.24, 2.45) is 0 Å². The lowest BCUT2D eigenvalue weighted by Crippen LogP contribution is -2.52. The molecule has 0 aliphatic rings. The lowest BCUT2D eigenvalue weighted by molar-refractivity contribution is -0.161. The molecule has 2 N–H and O–H groups in total. The van der Waals surface area contributed by atoms with Gasteiger partial charge in [-0.25, -0.2) is 4.79 Å². The molecule has 0 spiro atoms. The molecule has 0 saturated heterocycles. The normalized spacial score (nSPS) is 15.8. The Balaban J connectivity index is 4.79. The second-order valence-electron chi connectivity index (χ2n) is 4.72. The van der Waals surface area contributed by atoms with Crippen LogP contribution in [0.25, 0.3) is 0 Å². The molecule has 0 aromatic heterocycles. The van der Waals surface area contributed by atoms with E-state index >= 15 is 0 Å². The lowest BCUT2D eigenvalue weighted by atomic mass is 10.1. The number of esters is 1. The minimum Gasteiger partial charge on any atom is -0.458 e. The Labute approximate surface area is 121 Å². The van der Waals surface area contributed by atoms with E-state index < -0.39 is 33.4 Å². The summed E-state index contributed by atoms with van der Waals surface area (Å²) < 4.78 is 2.82. The third kappa shape index (κ3) is 6.64. The maximum absolute atomic E-state index is 11.7. The van der Waals surface area contributed by atoms with E-state index in [1.54, 1.807) is 20.8 Å². The minimum atomic E-state index is -2.21. The number of rotatable bonds is 3. The molecule has 0 bridgehead atoms. The third-order valence-electron chi connectivity index (χ3n) is 1.69. The fourth-order valence-corrected chi connectivity index (χ4v) is 1.13. The predicted octanol–water partition coefficient (Wildman–Crippen LogP) is 1.56. The summed E-state index contributed by atoms with van der Waals surface area (Å²) in [5, 5.41) is 11.6. The molecule has 2 atom stereocenters. The van der Waals surface area contributed by atoms with Crippen LogP contribution in [0.4, 0.5) is 0 Å². The zero-order valence-electron chi connectivity index (χ0n) is 10.5. The van der Waals surface area contributed by atoms with Gasteiger partial charge in [-0.05, 0) is 27.7 Å². The van der Waals surface area contributed by atoms with Crippen molar-refractivity contribution in [1.82, 2.24) is 5.32 Å². The largest absolute Gasteiger partial charge is 0.458 e. The highest BCUT2D eigenvalue weighted by molar-refractivity contribution is 6.76. The number of carbonyl (C=O) groups excluding carboxylic acids is 2. The highest BCUT2D eigenvalue weighted by atomic mass is 35.6. The summed E-state index contributed by atoms with van der Waals surface area (Å²) in [5.41, 5.74) is -0.755. The van der Waals surface area contributed by atoms with Gasteiger partial charge >= 0.3 is 5.97 Å². The van der Waals surface area contributed by atoms with Gasteiger partial charge in [-0.15, -0.1) is 0 Å². The summed E-state index contributed by atoms with van der Waals surface area (Å²) in [4.78, 5) is 23.2. The zero-order chi connectivity index (χ0) is 14.7. The summed E-state index contributed by atoms with van der Waals surface area (Å²) in [5.74, 6) is -1.82. The number of aliphatic hydroxyl groups excluding tert-OH is 1. The Kier molecular flexibility index (Phi) is 6.20. The van der Waals surface area contributed by atoms with Crippen LogP contribution >= 0.6 is 34.8 Å². The van der Waals surface area contributed by atoms with Crippen LogP contribution in [-0.2, 0) is 14.3 Å². The Morgan fingerprint density at radius 3 is 1.94 bits per heavy atom. The minimum absolute atomic E-state index is 0.755. The quantitative estimate of drug-likeness (QED) is 0.611. The molecule has 0 rings (SSSR count). The fraction of sp³-hybridized carbons (Fsp3) is 0.800. The summed E-state index contributed by atoms with van der Waals surface area (Å²) in [6.07, 6.45) is -1.18. The van der Waals surface area contributed by atoms with Crippen LogP contribution in [0.5, 0.6) is 0 Å².